The Balaban J connectivity index is 1.85. The van der Waals surface area contributed by atoms with Crippen molar-refractivity contribution in [1.82, 2.24) is 5.32 Å². The van der Waals surface area contributed by atoms with E-state index in [1.54, 1.807) is 12.1 Å². The van der Waals surface area contributed by atoms with Gasteiger partial charge in [-0.3, -0.25) is 9.59 Å². The van der Waals surface area contributed by atoms with Gasteiger partial charge in [0, 0.05) is 5.75 Å². The first-order valence-electron chi connectivity index (χ1n) is 7.33. The van der Waals surface area contributed by atoms with Crippen LogP contribution in [0, 0.1) is 6.92 Å². The van der Waals surface area contributed by atoms with Crippen molar-refractivity contribution in [3.63, 3.8) is 0 Å². The molecule has 0 heterocycles. The Hall–Kier alpha value is -2.27. The van der Waals surface area contributed by atoms with E-state index >= 15 is 0 Å². The van der Waals surface area contributed by atoms with Gasteiger partial charge in [0.05, 0.1) is 5.75 Å². The molecule has 0 saturated heterocycles. The molecule has 4 nitrogen and oxygen atoms in total. The Labute approximate surface area is 140 Å². The number of hydrogen-bond acceptors (Lipinski definition) is 3. The third kappa shape index (κ3) is 5.45. The second-order valence-corrected chi connectivity index (χ2v) is 6.28. The zero-order valence-corrected chi connectivity index (χ0v) is 13.8. The van der Waals surface area contributed by atoms with Crippen molar-refractivity contribution in [2.24, 2.45) is 5.73 Å². The molecule has 2 aromatic carbocycles. The predicted octanol–water partition coefficient (Wildman–Crippen LogP) is 2.57. The highest BCUT2D eigenvalue weighted by Gasteiger charge is 2.19. The van der Waals surface area contributed by atoms with Crippen LogP contribution in [0.2, 0.25) is 0 Å². The van der Waals surface area contributed by atoms with E-state index in [9.17, 15) is 9.59 Å². The first-order valence-corrected chi connectivity index (χ1v) is 8.48. The van der Waals surface area contributed by atoms with E-state index in [0.29, 0.717) is 5.56 Å². The van der Waals surface area contributed by atoms with Crippen molar-refractivity contribution < 1.29 is 9.59 Å². The molecular formula is C18H20N2O2S. The molecule has 5 heteroatoms. The van der Waals surface area contributed by atoms with Crippen molar-refractivity contribution in [3.8, 4) is 0 Å². The lowest BCUT2D eigenvalue weighted by atomic mass is 10.1. The van der Waals surface area contributed by atoms with Crippen LogP contribution in [0.3, 0.4) is 0 Å². The summed E-state index contributed by atoms with van der Waals surface area (Å²) >= 11 is 1.51. The highest BCUT2D eigenvalue weighted by molar-refractivity contribution is 7.99. The molecule has 0 aliphatic rings. The van der Waals surface area contributed by atoms with Crippen LogP contribution in [0.4, 0.5) is 0 Å². The number of aryl methyl sites for hydroxylation is 1. The molecular weight excluding hydrogens is 308 g/mol. The molecule has 2 rings (SSSR count). The number of nitrogens with one attached hydrogen (secondary N) is 1. The Bertz CT molecular complexity index is 656. The van der Waals surface area contributed by atoms with E-state index in [4.69, 9.17) is 5.73 Å². The number of carbonyl (C=O) groups excluding carboxylic acids is 2. The van der Waals surface area contributed by atoms with Gasteiger partial charge in [-0.25, -0.2) is 0 Å². The van der Waals surface area contributed by atoms with Gasteiger partial charge in [-0.1, -0.05) is 60.2 Å². The molecule has 1 unspecified atom stereocenters. The fraction of sp³-hybridized carbons (Fsp3) is 0.222. The summed E-state index contributed by atoms with van der Waals surface area (Å²) in [5.41, 5.74) is 8.46. The quantitative estimate of drug-likeness (QED) is 0.820. The maximum atomic E-state index is 12.0. The fourth-order valence-corrected chi connectivity index (χ4v) is 2.91. The van der Waals surface area contributed by atoms with Crippen LogP contribution >= 0.6 is 11.8 Å². The number of amides is 2. The van der Waals surface area contributed by atoms with Crippen LogP contribution in [0.1, 0.15) is 22.7 Å². The number of benzene rings is 2. The average Bonchev–Trinajstić information content (AvgIpc) is 2.55. The zero-order valence-electron chi connectivity index (χ0n) is 13.0. The molecule has 0 radical (unpaired) electrons. The Morgan fingerprint density at radius 2 is 1.74 bits per heavy atom. The summed E-state index contributed by atoms with van der Waals surface area (Å²) < 4.78 is 0. The lowest BCUT2D eigenvalue weighted by Crippen LogP contribution is -2.38. The van der Waals surface area contributed by atoms with Crippen LogP contribution in [-0.4, -0.2) is 17.6 Å². The van der Waals surface area contributed by atoms with Crippen LogP contribution in [0.5, 0.6) is 0 Å². The Morgan fingerprint density at radius 3 is 2.35 bits per heavy atom. The highest BCUT2D eigenvalue weighted by Crippen LogP contribution is 2.15. The number of nitrogens with two attached hydrogens (primary N) is 1. The van der Waals surface area contributed by atoms with Crippen molar-refractivity contribution >= 4 is 23.6 Å². The molecule has 0 aliphatic carbocycles. The summed E-state index contributed by atoms with van der Waals surface area (Å²) in [7, 11) is 0. The standard InChI is InChI=1S/C18H20N2O2S/c1-13-7-9-14(10-8-13)11-23-12-16(21)20-17(18(19)22)15-5-3-2-4-6-15/h2-10,17H,11-12H2,1H3,(H2,19,22)(H,20,21). The number of carbonyl (C=O) groups is 2. The van der Waals surface area contributed by atoms with Crippen LogP contribution in [0.25, 0.3) is 0 Å². The van der Waals surface area contributed by atoms with Crippen molar-refractivity contribution in [3.05, 3.63) is 71.3 Å². The van der Waals surface area contributed by atoms with E-state index in [0.717, 1.165) is 5.75 Å². The topological polar surface area (TPSA) is 72.2 Å². The predicted molar refractivity (Wildman–Crippen MR) is 93.9 cm³/mol. The lowest BCUT2D eigenvalue weighted by molar-refractivity contribution is -0.126. The second-order valence-electron chi connectivity index (χ2n) is 5.29. The van der Waals surface area contributed by atoms with Gasteiger partial charge in [0.2, 0.25) is 11.8 Å². The van der Waals surface area contributed by atoms with Gasteiger partial charge in [0.25, 0.3) is 0 Å². The van der Waals surface area contributed by atoms with E-state index in [-0.39, 0.29) is 11.7 Å². The first-order chi connectivity index (χ1) is 11.1. The maximum absolute atomic E-state index is 12.0. The average molecular weight is 328 g/mol. The van der Waals surface area contributed by atoms with Gasteiger partial charge >= 0.3 is 0 Å². The SMILES string of the molecule is Cc1ccc(CSCC(=O)NC(C(N)=O)c2ccccc2)cc1. The minimum Gasteiger partial charge on any atom is -0.368 e. The molecule has 3 N–H and O–H groups in total. The lowest BCUT2D eigenvalue weighted by Gasteiger charge is -2.15. The molecule has 0 saturated carbocycles. The van der Waals surface area contributed by atoms with Crippen LogP contribution < -0.4 is 11.1 Å². The molecule has 0 aliphatic heterocycles. The second kappa shape index (κ2) is 8.39. The number of thioether (sulfide) groups is 1. The minimum atomic E-state index is -0.788. The zero-order chi connectivity index (χ0) is 16.7. The highest BCUT2D eigenvalue weighted by atomic mass is 32.2. The number of primary amides is 1. The van der Waals surface area contributed by atoms with Crippen molar-refractivity contribution in [2.45, 2.75) is 18.7 Å². The monoisotopic (exact) mass is 328 g/mol. The summed E-state index contributed by atoms with van der Waals surface area (Å²) in [5.74, 6) is 0.271. The van der Waals surface area contributed by atoms with E-state index in [1.807, 2.05) is 25.1 Å². The molecule has 0 aromatic heterocycles. The van der Waals surface area contributed by atoms with Gasteiger partial charge in [-0.05, 0) is 18.1 Å². The van der Waals surface area contributed by atoms with Crippen LogP contribution in [0.15, 0.2) is 54.6 Å². The first kappa shape index (κ1) is 17.1. The third-order valence-electron chi connectivity index (χ3n) is 3.35. The molecule has 23 heavy (non-hydrogen) atoms. The molecule has 0 bridgehead atoms. The van der Waals surface area contributed by atoms with Crippen LogP contribution in [-0.2, 0) is 15.3 Å². The van der Waals surface area contributed by atoms with E-state index in [1.165, 1.54) is 22.9 Å². The van der Waals surface area contributed by atoms with Crippen molar-refractivity contribution in [2.75, 3.05) is 5.75 Å². The summed E-state index contributed by atoms with van der Waals surface area (Å²) in [6, 6.07) is 16.4. The number of hydrogen-bond donors (Lipinski definition) is 2. The van der Waals surface area contributed by atoms with Crippen molar-refractivity contribution in [1.29, 1.82) is 0 Å². The third-order valence-corrected chi connectivity index (χ3v) is 4.35. The Kier molecular flexibility index (Phi) is 6.23. The molecule has 2 amide bonds. The summed E-state index contributed by atoms with van der Waals surface area (Å²) in [4.78, 5) is 23.6. The van der Waals surface area contributed by atoms with E-state index < -0.39 is 11.9 Å². The molecule has 0 fully saturated rings. The smallest absolute Gasteiger partial charge is 0.244 e. The normalized spacial score (nSPS) is 11.7. The van der Waals surface area contributed by atoms with Gasteiger partial charge in [-0.15, -0.1) is 11.8 Å². The number of rotatable bonds is 7. The molecule has 0 spiro atoms. The minimum absolute atomic E-state index is 0.199. The largest absolute Gasteiger partial charge is 0.368 e. The summed E-state index contributed by atoms with van der Waals surface area (Å²) in [6.07, 6.45) is 0. The molecule has 120 valence electrons. The van der Waals surface area contributed by atoms with Gasteiger partial charge in [0.15, 0.2) is 0 Å². The van der Waals surface area contributed by atoms with Gasteiger partial charge in [0.1, 0.15) is 6.04 Å². The molecule has 1 atom stereocenters. The maximum Gasteiger partial charge on any atom is 0.244 e. The molecule has 2 aromatic rings. The Morgan fingerprint density at radius 1 is 1.09 bits per heavy atom. The summed E-state index contributed by atoms with van der Waals surface area (Å²) in [6.45, 7) is 2.04. The van der Waals surface area contributed by atoms with E-state index in [2.05, 4.69) is 29.6 Å². The fourth-order valence-electron chi connectivity index (χ4n) is 2.11. The van der Waals surface area contributed by atoms with Gasteiger partial charge < -0.3 is 11.1 Å². The van der Waals surface area contributed by atoms with Gasteiger partial charge in [-0.2, -0.15) is 0 Å². The summed E-state index contributed by atoms with van der Waals surface area (Å²) in [5, 5.41) is 2.69.